The standard InChI is InChI=1S/C11H16N2O4/c14-13(15)11-2-1-10(17-11)8-16-6-4-9-3-5-12-7-9/h1-2,9,12H,3-8H2. The Morgan fingerprint density at radius 3 is 3.12 bits per heavy atom. The van der Waals surface area contributed by atoms with Crippen LogP contribution in [-0.2, 0) is 11.3 Å². The highest BCUT2D eigenvalue weighted by Crippen LogP contribution is 2.17. The number of nitrogens with one attached hydrogen (secondary N) is 1. The highest BCUT2D eigenvalue weighted by atomic mass is 16.6. The third-order valence-electron chi connectivity index (χ3n) is 2.90. The van der Waals surface area contributed by atoms with Gasteiger partial charge in [-0.25, -0.2) is 0 Å². The van der Waals surface area contributed by atoms with E-state index in [2.05, 4.69) is 5.32 Å². The van der Waals surface area contributed by atoms with E-state index in [1.54, 1.807) is 6.07 Å². The lowest BCUT2D eigenvalue weighted by molar-refractivity contribution is -0.402. The summed E-state index contributed by atoms with van der Waals surface area (Å²) in [5.74, 6) is 0.964. The van der Waals surface area contributed by atoms with Gasteiger partial charge in [0.2, 0.25) is 0 Å². The van der Waals surface area contributed by atoms with Crippen molar-refractivity contribution < 1.29 is 14.1 Å². The number of hydrogen-bond acceptors (Lipinski definition) is 5. The number of ether oxygens (including phenoxy) is 1. The summed E-state index contributed by atoms with van der Waals surface area (Å²) in [6.45, 7) is 3.12. The van der Waals surface area contributed by atoms with Crippen molar-refractivity contribution in [2.24, 2.45) is 5.92 Å². The smallest absolute Gasteiger partial charge is 0.403 e. The summed E-state index contributed by atoms with van der Waals surface area (Å²) in [5, 5.41) is 13.7. The number of rotatable bonds is 6. The molecule has 0 aliphatic carbocycles. The van der Waals surface area contributed by atoms with E-state index < -0.39 is 4.92 Å². The Hall–Kier alpha value is -1.40. The molecule has 6 nitrogen and oxygen atoms in total. The summed E-state index contributed by atoms with van der Waals surface area (Å²) < 4.78 is 10.4. The van der Waals surface area contributed by atoms with Crippen LogP contribution in [0.25, 0.3) is 0 Å². The van der Waals surface area contributed by atoms with Gasteiger partial charge in [-0.3, -0.25) is 10.1 Å². The Balaban J connectivity index is 1.65. The van der Waals surface area contributed by atoms with E-state index >= 15 is 0 Å². The van der Waals surface area contributed by atoms with Gasteiger partial charge < -0.3 is 14.5 Å². The first-order valence-electron chi connectivity index (χ1n) is 5.77. The van der Waals surface area contributed by atoms with Gasteiger partial charge in [0.25, 0.3) is 0 Å². The van der Waals surface area contributed by atoms with E-state index in [1.807, 2.05) is 0 Å². The zero-order chi connectivity index (χ0) is 12.1. The second-order valence-electron chi connectivity index (χ2n) is 4.20. The van der Waals surface area contributed by atoms with Crippen molar-refractivity contribution in [1.82, 2.24) is 5.32 Å². The molecule has 2 heterocycles. The zero-order valence-corrected chi connectivity index (χ0v) is 9.55. The normalized spacial score (nSPS) is 19.6. The Morgan fingerprint density at radius 1 is 1.59 bits per heavy atom. The second kappa shape index (κ2) is 5.79. The summed E-state index contributed by atoms with van der Waals surface area (Å²) in [4.78, 5) is 9.83. The molecule has 1 aromatic rings. The van der Waals surface area contributed by atoms with E-state index in [0.717, 1.165) is 19.5 Å². The summed E-state index contributed by atoms with van der Waals surface area (Å²) in [5.41, 5.74) is 0. The molecule has 0 radical (unpaired) electrons. The molecule has 1 aromatic heterocycles. The minimum Gasteiger partial charge on any atom is -0.403 e. The Labute approximate surface area is 99.1 Å². The van der Waals surface area contributed by atoms with Crippen LogP contribution in [0.15, 0.2) is 16.5 Å². The molecular weight excluding hydrogens is 224 g/mol. The molecule has 1 unspecified atom stereocenters. The molecule has 1 aliphatic rings. The maximum atomic E-state index is 10.4. The maximum Gasteiger partial charge on any atom is 0.433 e. The van der Waals surface area contributed by atoms with Crippen LogP contribution in [0.3, 0.4) is 0 Å². The molecule has 2 rings (SSSR count). The largest absolute Gasteiger partial charge is 0.433 e. The predicted molar refractivity (Wildman–Crippen MR) is 60.6 cm³/mol. The van der Waals surface area contributed by atoms with Crippen LogP contribution in [0, 0.1) is 16.0 Å². The van der Waals surface area contributed by atoms with E-state index in [1.165, 1.54) is 12.5 Å². The minimum absolute atomic E-state index is 0.233. The minimum atomic E-state index is -0.548. The lowest BCUT2D eigenvalue weighted by Crippen LogP contribution is -2.10. The highest BCUT2D eigenvalue weighted by Gasteiger charge is 2.14. The molecule has 1 fully saturated rings. The van der Waals surface area contributed by atoms with Gasteiger partial charge in [-0.15, -0.1) is 0 Å². The number of hydrogen-bond donors (Lipinski definition) is 1. The Kier molecular flexibility index (Phi) is 4.11. The van der Waals surface area contributed by atoms with Crippen molar-refractivity contribution in [3.05, 3.63) is 28.0 Å². The monoisotopic (exact) mass is 240 g/mol. The Bertz CT molecular complexity index is 371. The molecule has 94 valence electrons. The zero-order valence-electron chi connectivity index (χ0n) is 9.55. The number of furan rings is 1. The molecule has 6 heteroatoms. The summed E-state index contributed by atoms with van der Waals surface area (Å²) in [7, 11) is 0. The molecule has 1 atom stereocenters. The average molecular weight is 240 g/mol. The van der Waals surface area contributed by atoms with Crippen molar-refractivity contribution in [3.8, 4) is 0 Å². The average Bonchev–Trinajstić information content (AvgIpc) is 2.96. The van der Waals surface area contributed by atoms with Crippen LogP contribution in [-0.4, -0.2) is 24.6 Å². The first kappa shape index (κ1) is 12.1. The highest BCUT2D eigenvalue weighted by molar-refractivity contribution is 5.17. The second-order valence-corrected chi connectivity index (χ2v) is 4.20. The van der Waals surface area contributed by atoms with Crippen molar-refractivity contribution in [1.29, 1.82) is 0 Å². The topological polar surface area (TPSA) is 77.5 Å². The third-order valence-corrected chi connectivity index (χ3v) is 2.90. The van der Waals surface area contributed by atoms with Gasteiger partial charge in [-0.1, -0.05) is 0 Å². The van der Waals surface area contributed by atoms with Crippen molar-refractivity contribution >= 4 is 5.88 Å². The fourth-order valence-electron chi connectivity index (χ4n) is 1.93. The summed E-state index contributed by atoms with van der Waals surface area (Å²) in [6.07, 6.45) is 2.23. The molecule has 1 N–H and O–H groups in total. The van der Waals surface area contributed by atoms with Crippen molar-refractivity contribution in [2.75, 3.05) is 19.7 Å². The third kappa shape index (κ3) is 3.54. The van der Waals surface area contributed by atoms with E-state index in [-0.39, 0.29) is 5.88 Å². The van der Waals surface area contributed by atoms with Gasteiger partial charge in [0.15, 0.2) is 0 Å². The van der Waals surface area contributed by atoms with Gasteiger partial charge in [0, 0.05) is 6.61 Å². The van der Waals surface area contributed by atoms with Crippen LogP contribution in [0.1, 0.15) is 18.6 Å². The fourth-order valence-corrected chi connectivity index (χ4v) is 1.93. The van der Waals surface area contributed by atoms with E-state index in [4.69, 9.17) is 9.15 Å². The first-order chi connectivity index (χ1) is 8.25. The predicted octanol–water partition coefficient (Wildman–Crippen LogP) is 1.70. The molecule has 0 amide bonds. The molecule has 17 heavy (non-hydrogen) atoms. The lowest BCUT2D eigenvalue weighted by atomic mass is 10.1. The number of nitro groups is 1. The summed E-state index contributed by atoms with van der Waals surface area (Å²) in [6, 6.07) is 2.93. The van der Waals surface area contributed by atoms with Crippen LogP contribution in [0.4, 0.5) is 5.88 Å². The van der Waals surface area contributed by atoms with Crippen LogP contribution < -0.4 is 5.32 Å². The lowest BCUT2D eigenvalue weighted by Gasteiger charge is -2.07. The molecule has 0 spiro atoms. The van der Waals surface area contributed by atoms with Gasteiger partial charge in [-0.2, -0.15) is 0 Å². The maximum absolute atomic E-state index is 10.4. The van der Waals surface area contributed by atoms with E-state index in [9.17, 15) is 10.1 Å². The number of nitrogens with zero attached hydrogens (tertiary/aromatic N) is 1. The molecule has 1 saturated heterocycles. The van der Waals surface area contributed by atoms with Gasteiger partial charge in [0.1, 0.15) is 17.3 Å². The Morgan fingerprint density at radius 2 is 2.47 bits per heavy atom. The van der Waals surface area contributed by atoms with Gasteiger partial charge in [-0.05, 0) is 37.9 Å². The quantitative estimate of drug-likeness (QED) is 0.465. The summed E-state index contributed by atoms with van der Waals surface area (Å²) >= 11 is 0. The van der Waals surface area contributed by atoms with Gasteiger partial charge in [0.05, 0.1) is 6.07 Å². The SMILES string of the molecule is O=[N+]([O-])c1ccc(COCCC2CCNC2)o1. The molecule has 0 aromatic carbocycles. The fraction of sp³-hybridized carbons (Fsp3) is 0.636. The van der Waals surface area contributed by atoms with Crippen molar-refractivity contribution in [3.63, 3.8) is 0 Å². The van der Waals surface area contributed by atoms with Gasteiger partial charge >= 0.3 is 5.88 Å². The molecular formula is C11H16N2O4. The van der Waals surface area contributed by atoms with Crippen LogP contribution in [0.5, 0.6) is 0 Å². The van der Waals surface area contributed by atoms with Crippen molar-refractivity contribution in [2.45, 2.75) is 19.4 Å². The molecule has 0 bridgehead atoms. The van der Waals surface area contributed by atoms with Crippen LogP contribution in [0.2, 0.25) is 0 Å². The van der Waals surface area contributed by atoms with E-state index in [0.29, 0.717) is 24.9 Å². The molecule has 0 saturated carbocycles. The molecule has 1 aliphatic heterocycles. The van der Waals surface area contributed by atoms with Crippen LogP contribution >= 0.6 is 0 Å². The first-order valence-corrected chi connectivity index (χ1v) is 5.77.